The van der Waals surface area contributed by atoms with Crippen molar-refractivity contribution in [2.24, 2.45) is 4.99 Å². The Bertz CT molecular complexity index is 516. The molecule has 1 aromatic heterocycles. The molecule has 0 saturated carbocycles. The Hall–Kier alpha value is -2.36. The van der Waals surface area contributed by atoms with Crippen LogP contribution in [0.1, 0.15) is 19.5 Å². The number of pyridine rings is 1. The Balaban J connectivity index is 0.000000956. The second-order valence-electron chi connectivity index (χ2n) is 3.85. The molecule has 0 amide bonds. The summed E-state index contributed by atoms with van der Waals surface area (Å²) in [6, 6.07) is 5.73. The number of aliphatic imine (C=N–C) groups is 1. The largest absolute Gasteiger partial charge is 0.506 e. The van der Waals surface area contributed by atoms with E-state index in [0.717, 1.165) is 11.3 Å². The van der Waals surface area contributed by atoms with E-state index in [9.17, 15) is 5.11 Å². The van der Waals surface area contributed by atoms with E-state index in [2.05, 4.69) is 21.9 Å². The maximum Gasteiger partial charge on any atom is 0.132 e. The van der Waals surface area contributed by atoms with Crippen molar-refractivity contribution in [2.45, 2.75) is 20.4 Å². The molecule has 2 heterocycles. The molecule has 2 N–H and O–H groups in total. The summed E-state index contributed by atoms with van der Waals surface area (Å²) in [4.78, 5) is 8.49. The third-order valence-electron chi connectivity index (χ3n) is 2.48. The van der Waals surface area contributed by atoms with Crippen LogP contribution in [0.3, 0.4) is 0 Å². The summed E-state index contributed by atoms with van der Waals surface area (Å²) in [5.74, 6) is 0.0265. The van der Waals surface area contributed by atoms with Crippen molar-refractivity contribution in [3.8, 4) is 0 Å². The molecule has 0 spiro atoms. The van der Waals surface area contributed by atoms with Crippen molar-refractivity contribution in [1.29, 1.82) is 0 Å². The van der Waals surface area contributed by atoms with Gasteiger partial charge in [0.05, 0.1) is 17.9 Å². The summed E-state index contributed by atoms with van der Waals surface area (Å²) in [7, 11) is 0. The van der Waals surface area contributed by atoms with E-state index in [4.69, 9.17) is 0 Å². The van der Waals surface area contributed by atoms with Gasteiger partial charge in [-0.3, -0.25) is 9.98 Å². The number of nitrogens with zero attached hydrogens (tertiary/aromatic N) is 2. The number of aliphatic hydroxyl groups excluding tert-OH is 1. The zero-order chi connectivity index (χ0) is 14.8. The highest BCUT2D eigenvalue weighted by atomic mass is 16.3. The number of allylic oxidation sites excluding steroid dienone is 2. The van der Waals surface area contributed by atoms with Gasteiger partial charge in [0, 0.05) is 24.5 Å². The Kier molecular flexibility index (Phi) is 6.82. The predicted molar refractivity (Wildman–Crippen MR) is 83.7 cm³/mol. The number of hydrogen-bond donors (Lipinski definition) is 2. The molecule has 1 aliphatic rings. The van der Waals surface area contributed by atoms with Gasteiger partial charge >= 0.3 is 0 Å². The maximum atomic E-state index is 9.44. The minimum absolute atomic E-state index is 0.0265. The monoisotopic (exact) mass is 271 g/mol. The fourth-order valence-electron chi connectivity index (χ4n) is 1.64. The van der Waals surface area contributed by atoms with E-state index in [0.29, 0.717) is 18.8 Å². The summed E-state index contributed by atoms with van der Waals surface area (Å²) in [5, 5.41) is 12.5. The molecule has 0 radical (unpaired) electrons. The average Bonchev–Trinajstić information content (AvgIpc) is 2.51. The van der Waals surface area contributed by atoms with Crippen LogP contribution in [0.5, 0.6) is 0 Å². The van der Waals surface area contributed by atoms with Crippen molar-refractivity contribution >= 4 is 6.21 Å². The van der Waals surface area contributed by atoms with E-state index in [-0.39, 0.29) is 5.76 Å². The predicted octanol–water partition coefficient (Wildman–Crippen LogP) is 3.16. The second-order valence-corrected chi connectivity index (χ2v) is 3.85. The quantitative estimate of drug-likeness (QED) is 0.653. The van der Waals surface area contributed by atoms with Crippen LogP contribution in [0.4, 0.5) is 0 Å². The Morgan fingerprint density at radius 1 is 1.50 bits per heavy atom. The lowest BCUT2D eigenvalue weighted by Gasteiger charge is -2.14. The average molecular weight is 271 g/mol. The molecule has 0 unspecified atom stereocenters. The fraction of sp³-hybridized carbons (Fsp3) is 0.250. The fourth-order valence-corrected chi connectivity index (χ4v) is 1.64. The molecule has 0 aliphatic carbocycles. The summed E-state index contributed by atoms with van der Waals surface area (Å²) < 4.78 is 0. The highest BCUT2D eigenvalue weighted by Gasteiger charge is 2.08. The minimum Gasteiger partial charge on any atom is -0.506 e. The van der Waals surface area contributed by atoms with Crippen molar-refractivity contribution < 1.29 is 5.11 Å². The number of hydrogen-bond acceptors (Lipinski definition) is 4. The molecular formula is C16H21N3O. The number of rotatable bonds is 4. The van der Waals surface area contributed by atoms with Crippen LogP contribution < -0.4 is 5.32 Å². The van der Waals surface area contributed by atoms with Gasteiger partial charge in [0.1, 0.15) is 5.76 Å². The first-order chi connectivity index (χ1) is 9.77. The summed E-state index contributed by atoms with van der Waals surface area (Å²) in [6.07, 6.45) is 7.34. The third kappa shape index (κ3) is 4.72. The summed E-state index contributed by atoms with van der Waals surface area (Å²) >= 11 is 0. The molecule has 0 fully saturated rings. The molecule has 2 rings (SSSR count). The smallest absolute Gasteiger partial charge is 0.132 e. The van der Waals surface area contributed by atoms with E-state index in [1.807, 2.05) is 44.2 Å². The SMILES string of the molecule is C=C(O)C1=C(C=NCc2ccccn2)C=CCN1.CC. The van der Waals surface area contributed by atoms with Gasteiger partial charge in [-0.05, 0) is 12.1 Å². The Morgan fingerprint density at radius 2 is 2.30 bits per heavy atom. The number of aliphatic hydroxyl groups is 1. The zero-order valence-corrected chi connectivity index (χ0v) is 12.0. The molecule has 0 atom stereocenters. The van der Waals surface area contributed by atoms with Crippen molar-refractivity contribution in [3.63, 3.8) is 0 Å². The molecular weight excluding hydrogens is 250 g/mol. The lowest BCUT2D eigenvalue weighted by Crippen LogP contribution is -2.20. The van der Waals surface area contributed by atoms with Gasteiger partial charge in [0.25, 0.3) is 0 Å². The molecule has 4 heteroatoms. The van der Waals surface area contributed by atoms with E-state index < -0.39 is 0 Å². The van der Waals surface area contributed by atoms with Gasteiger partial charge in [-0.15, -0.1) is 0 Å². The van der Waals surface area contributed by atoms with E-state index in [1.54, 1.807) is 12.4 Å². The van der Waals surface area contributed by atoms with Crippen molar-refractivity contribution in [2.75, 3.05) is 6.54 Å². The summed E-state index contributed by atoms with van der Waals surface area (Å²) in [6.45, 7) is 8.73. The van der Waals surface area contributed by atoms with Crippen LogP contribution in [0, 0.1) is 0 Å². The number of nitrogens with one attached hydrogen (secondary N) is 1. The minimum atomic E-state index is 0.0265. The Labute approximate surface area is 120 Å². The number of aromatic nitrogens is 1. The van der Waals surface area contributed by atoms with Crippen LogP contribution in [0.15, 0.2) is 65.1 Å². The normalized spacial score (nSPS) is 13.7. The standard InChI is InChI=1S/C14H15N3O.C2H6/c1-11(18)14-12(5-4-8-17-14)9-15-10-13-6-2-3-7-16-13;1-2/h2-7,9,17-18H,1,8,10H2;1-2H3. The first kappa shape index (κ1) is 15.7. The van der Waals surface area contributed by atoms with Gasteiger partial charge in [0.2, 0.25) is 0 Å². The highest BCUT2D eigenvalue weighted by molar-refractivity contribution is 5.84. The van der Waals surface area contributed by atoms with Gasteiger partial charge in [-0.1, -0.05) is 38.6 Å². The van der Waals surface area contributed by atoms with Crippen LogP contribution in [0.2, 0.25) is 0 Å². The van der Waals surface area contributed by atoms with Gasteiger partial charge in [-0.25, -0.2) is 0 Å². The first-order valence-corrected chi connectivity index (χ1v) is 6.70. The zero-order valence-electron chi connectivity index (χ0n) is 12.0. The maximum absolute atomic E-state index is 9.44. The lowest BCUT2D eigenvalue weighted by molar-refractivity contribution is 0.417. The summed E-state index contributed by atoms with van der Waals surface area (Å²) in [5.41, 5.74) is 2.36. The molecule has 20 heavy (non-hydrogen) atoms. The number of dihydropyridines is 1. The first-order valence-electron chi connectivity index (χ1n) is 6.70. The molecule has 0 aromatic carbocycles. The third-order valence-corrected chi connectivity index (χ3v) is 2.48. The van der Waals surface area contributed by atoms with Crippen LogP contribution >= 0.6 is 0 Å². The van der Waals surface area contributed by atoms with Crippen molar-refractivity contribution in [3.05, 3.63) is 65.9 Å². The molecule has 1 aliphatic heterocycles. The molecule has 106 valence electrons. The second kappa shape index (κ2) is 8.69. The van der Waals surface area contributed by atoms with Crippen LogP contribution in [-0.2, 0) is 6.54 Å². The molecule has 1 aromatic rings. The van der Waals surface area contributed by atoms with E-state index >= 15 is 0 Å². The van der Waals surface area contributed by atoms with Gasteiger partial charge in [0.15, 0.2) is 0 Å². The van der Waals surface area contributed by atoms with E-state index in [1.165, 1.54) is 0 Å². The topological polar surface area (TPSA) is 57.5 Å². The van der Waals surface area contributed by atoms with Gasteiger partial charge in [-0.2, -0.15) is 0 Å². The van der Waals surface area contributed by atoms with Crippen molar-refractivity contribution in [1.82, 2.24) is 10.3 Å². The molecule has 0 bridgehead atoms. The Morgan fingerprint density at radius 3 is 2.95 bits per heavy atom. The van der Waals surface area contributed by atoms with Crippen LogP contribution in [-0.4, -0.2) is 22.8 Å². The molecule has 4 nitrogen and oxygen atoms in total. The van der Waals surface area contributed by atoms with Crippen LogP contribution in [0.25, 0.3) is 0 Å². The molecule has 0 saturated heterocycles. The lowest BCUT2D eigenvalue weighted by atomic mass is 10.1. The van der Waals surface area contributed by atoms with Gasteiger partial charge < -0.3 is 10.4 Å². The highest BCUT2D eigenvalue weighted by Crippen LogP contribution is 2.11.